The summed E-state index contributed by atoms with van der Waals surface area (Å²) >= 11 is 6.32. The standard InChI is InChI=1S/C26H22BClF2N4O4/c1-13-12-32-19(18-7-8-31-24(33-18)25(3,4)36)11-20(13)34-14(2)9-21(22(28)23(34)35)38-26(27,37)16-6-5-15(29)10-17(16)30/h5-12,36-37H,1-4H3. The van der Waals surface area contributed by atoms with Crippen molar-refractivity contribution in [2.45, 2.75) is 39.0 Å². The molecule has 194 valence electrons. The zero-order chi connectivity index (χ0) is 28.0. The number of nitrogens with zero attached hydrogens (tertiary/aromatic N) is 4. The van der Waals surface area contributed by atoms with Gasteiger partial charge >= 0.3 is 0 Å². The molecule has 0 aliphatic carbocycles. The molecule has 0 bridgehead atoms. The first kappa shape index (κ1) is 27.4. The van der Waals surface area contributed by atoms with Gasteiger partial charge in [-0.2, -0.15) is 0 Å². The normalized spacial score (nSPS) is 13.3. The van der Waals surface area contributed by atoms with Crippen molar-refractivity contribution < 1.29 is 23.7 Å². The largest absolute Gasteiger partial charge is 0.466 e. The molecule has 4 rings (SSSR count). The first-order valence-electron chi connectivity index (χ1n) is 11.3. The lowest BCUT2D eigenvalue weighted by molar-refractivity contribution is -0.0700. The highest BCUT2D eigenvalue weighted by Gasteiger charge is 2.30. The Kier molecular flexibility index (Phi) is 7.13. The minimum absolute atomic E-state index is 0.198. The van der Waals surface area contributed by atoms with E-state index in [0.717, 1.165) is 12.1 Å². The first-order valence-corrected chi connectivity index (χ1v) is 11.7. The van der Waals surface area contributed by atoms with E-state index in [-0.39, 0.29) is 11.6 Å². The lowest BCUT2D eigenvalue weighted by Gasteiger charge is -2.27. The Morgan fingerprint density at radius 2 is 1.76 bits per heavy atom. The fraction of sp³-hybridized carbons (Fsp3) is 0.231. The Morgan fingerprint density at radius 1 is 1.05 bits per heavy atom. The van der Waals surface area contributed by atoms with Crippen LogP contribution in [0.4, 0.5) is 8.78 Å². The van der Waals surface area contributed by atoms with Crippen LogP contribution in [0.5, 0.6) is 5.75 Å². The van der Waals surface area contributed by atoms with Crippen LogP contribution in [0.3, 0.4) is 0 Å². The molecule has 12 heteroatoms. The second kappa shape index (κ2) is 9.90. The number of aryl methyl sites for hydroxylation is 2. The summed E-state index contributed by atoms with van der Waals surface area (Å²) in [5, 5.41) is 20.4. The molecule has 2 radical (unpaired) electrons. The topological polar surface area (TPSA) is 110 Å². The SMILES string of the molecule is [B]C(O)(Oc1cc(C)n(-c2cc(-c3ccnc(C(C)(C)O)n3)ncc2C)c(=O)c1Cl)c1ccc(F)cc1F. The molecule has 0 fully saturated rings. The van der Waals surface area contributed by atoms with E-state index in [1.165, 1.54) is 16.8 Å². The molecule has 0 aliphatic rings. The van der Waals surface area contributed by atoms with Gasteiger partial charge in [-0.05, 0) is 57.5 Å². The second-order valence-corrected chi connectivity index (χ2v) is 9.59. The van der Waals surface area contributed by atoms with Crippen LogP contribution in [-0.4, -0.2) is 37.6 Å². The Labute approximate surface area is 223 Å². The molecular weight excluding hydrogens is 517 g/mol. The smallest absolute Gasteiger partial charge is 0.277 e. The molecule has 0 aliphatic heterocycles. The highest BCUT2D eigenvalue weighted by atomic mass is 35.5. The van der Waals surface area contributed by atoms with Crippen LogP contribution < -0.4 is 10.3 Å². The summed E-state index contributed by atoms with van der Waals surface area (Å²) in [7, 11) is 5.76. The molecule has 0 saturated carbocycles. The lowest BCUT2D eigenvalue weighted by atomic mass is 9.86. The van der Waals surface area contributed by atoms with Crippen molar-refractivity contribution in [1.29, 1.82) is 0 Å². The van der Waals surface area contributed by atoms with Gasteiger partial charge in [0.05, 0.1) is 17.1 Å². The van der Waals surface area contributed by atoms with Crippen LogP contribution in [0, 0.1) is 25.5 Å². The lowest BCUT2D eigenvalue weighted by Crippen LogP contribution is -2.35. The number of pyridine rings is 2. The van der Waals surface area contributed by atoms with Crippen LogP contribution in [0.2, 0.25) is 5.02 Å². The summed E-state index contributed by atoms with van der Waals surface area (Å²) in [5.74, 6) is -2.13. The molecule has 4 aromatic rings. The van der Waals surface area contributed by atoms with Gasteiger partial charge < -0.3 is 14.9 Å². The highest BCUT2D eigenvalue weighted by Crippen LogP contribution is 2.32. The van der Waals surface area contributed by atoms with Crippen molar-refractivity contribution >= 4 is 19.4 Å². The fourth-order valence-corrected chi connectivity index (χ4v) is 3.93. The molecule has 3 aromatic heterocycles. The molecule has 38 heavy (non-hydrogen) atoms. The predicted octanol–water partition coefficient (Wildman–Crippen LogP) is 3.82. The number of aromatic nitrogens is 4. The molecule has 8 nitrogen and oxygen atoms in total. The van der Waals surface area contributed by atoms with Gasteiger partial charge in [0, 0.05) is 35.8 Å². The van der Waals surface area contributed by atoms with E-state index in [1.54, 1.807) is 46.0 Å². The Hall–Kier alpha value is -3.67. The van der Waals surface area contributed by atoms with Gasteiger partial charge in [0.25, 0.3) is 5.56 Å². The van der Waals surface area contributed by atoms with Gasteiger partial charge in [-0.15, -0.1) is 0 Å². The van der Waals surface area contributed by atoms with E-state index in [1.807, 2.05) is 0 Å². The van der Waals surface area contributed by atoms with E-state index in [9.17, 15) is 23.8 Å². The minimum atomic E-state index is -2.75. The van der Waals surface area contributed by atoms with Crippen LogP contribution in [0.25, 0.3) is 17.1 Å². The van der Waals surface area contributed by atoms with E-state index in [2.05, 4.69) is 15.0 Å². The average molecular weight is 539 g/mol. The van der Waals surface area contributed by atoms with Gasteiger partial charge in [0.2, 0.25) is 0 Å². The van der Waals surface area contributed by atoms with Gasteiger partial charge in [-0.3, -0.25) is 14.3 Å². The van der Waals surface area contributed by atoms with Crippen molar-refractivity contribution in [1.82, 2.24) is 19.5 Å². The second-order valence-electron chi connectivity index (χ2n) is 9.21. The Morgan fingerprint density at radius 3 is 2.42 bits per heavy atom. The number of halogens is 3. The maximum Gasteiger partial charge on any atom is 0.277 e. The van der Waals surface area contributed by atoms with Gasteiger partial charge in [0.1, 0.15) is 28.0 Å². The molecule has 0 amide bonds. The summed E-state index contributed by atoms with van der Waals surface area (Å²) in [6.07, 6.45) is 3.05. The Bertz CT molecular complexity index is 1610. The summed E-state index contributed by atoms with van der Waals surface area (Å²) < 4.78 is 34.1. The highest BCUT2D eigenvalue weighted by molar-refractivity contribution is 6.32. The van der Waals surface area contributed by atoms with Crippen LogP contribution in [0.15, 0.2) is 53.6 Å². The number of benzene rings is 1. The zero-order valence-electron chi connectivity index (χ0n) is 20.8. The van der Waals surface area contributed by atoms with Crippen molar-refractivity contribution in [3.05, 3.63) is 98.4 Å². The molecule has 1 aromatic carbocycles. The summed E-state index contributed by atoms with van der Waals surface area (Å²) in [6.45, 7) is 6.45. The van der Waals surface area contributed by atoms with E-state index in [0.29, 0.717) is 34.4 Å². The third-order valence-corrected chi connectivity index (χ3v) is 6.01. The maximum absolute atomic E-state index is 14.2. The van der Waals surface area contributed by atoms with Crippen molar-refractivity contribution in [3.63, 3.8) is 0 Å². The van der Waals surface area contributed by atoms with Gasteiger partial charge in [-0.1, -0.05) is 11.6 Å². The maximum atomic E-state index is 14.2. The quantitative estimate of drug-likeness (QED) is 0.284. The number of rotatable bonds is 6. The average Bonchev–Trinajstić information content (AvgIpc) is 2.82. The van der Waals surface area contributed by atoms with Crippen LogP contribution in [-0.2, 0) is 11.3 Å². The minimum Gasteiger partial charge on any atom is -0.466 e. The summed E-state index contributed by atoms with van der Waals surface area (Å²) in [5.41, 5.74) is -3.07. The molecule has 0 spiro atoms. The van der Waals surface area contributed by atoms with E-state index >= 15 is 0 Å². The molecule has 3 heterocycles. The summed E-state index contributed by atoms with van der Waals surface area (Å²) in [4.78, 5) is 26.2. The fourth-order valence-electron chi connectivity index (χ4n) is 3.75. The number of hydrogen-bond donors (Lipinski definition) is 2. The molecule has 1 atom stereocenters. The molecule has 2 N–H and O–H groups in total. The molecule has 1 unspecified atom stereocenters. The predicted molar refractivity (Wildman–Crippen MR) is 137 cm³/mol. The summed E-state index contributed by atoms with van der Waals surface area (Å²) in [6, 6.07) is 6.95. The number of hydrogen-bond acceptors (Lipinski definition) is 7. The number of aliphatic hydroxyl groups is 2. The van der Waals surface area contributed by atoms with Crippen molar-refractivity contribution in [2.75, 3.05) is 0 Å². The third-order valence-electron chi connectivity index (χ3n) is 5.66. The van der Waals surface area contributed by atoms with E-state index in [4.69, 9.17) is 24.2 Å². The Balaban J connectivity index is 1.78. The van der Waals surface area contributed by atoms with Crippen LogP contribution in [0.1, 0.15) is 36.5 Å². The van der Waals surface area contributed by atoms with Gasteiger partial charge in [-0.25, -0.2) is 18.7 Å². The van der Waals surface area contributed by atoms with Crippen LogP contribution >= 0.6 is 11.6 Å². The third kappa shape index (κ3) is 5.31. The van der Waals surface area contributed by atoms with Crippen molar-refractivity contribution in [3.8, 4) is 22.8 Å². The number of ether oxygens (including phenoxy) is 1. The molecule has 0 saturated heterocycles. The monoisotopic (exact) mass is 538 g/mol. The zero-order valence-corrected chi connectivity index (χ0v) is 21.6. The first-order chi connectivity index (χ1) is 17.7. The molecular formula is C26H22BClF2N4O4. The van der Waals surface area contributed by atoms with Gasteiger partial charge in [0.15, 0.2) is 19.4 Å². The van der Waals surface area contributed by atoms with E-state index < -0.39 is 39.1 Å². The van der Waals surface area contributed by atoms with Crippen molar-refractivity contribution in [2.24, 2.45) is 0 Å².